The van der Waals surface area contributed by atoms with Crippen molar-refractivity contribution in [2.45, 2.75) is 6.42 Å². The molecule has 1 amide bonds. The van der Waals surface area contributed by atoms with Gasteiger partial charge in [0.1, 0.15) is 0 Å². The summed E-state index contributed by atoms with van der Waals surface area (Å²) in [6, 6.07) is 5.68. The van der Waals surface area contributed by atoms with Crippen molar-refractivity contribution in [3.05, 3.63) is 36.4 Å². The van der Waals surface area contributed by atoms with Crippen LogP contribution in [0.25, 0.3) is 11.0 Å². The SMILES string of the molecule is C=CCc1cccc2[nH]c(NC(=O)O)nc12. The lowest BCUT2D eigenvalue weighted by atomic mass is 10.1. The minimum absolute atomic E-state index is 0.235. The number of anilines is 1. The monoisotopic (exact) mass is 217 g/mol. The number of para-hydroxylation sites is 1. The summed E-state index contributed by atoms with van der Waals surface area (Å²) in [7, 11) is 0. The van der Waals surface area contributed by atoms with Crippen molar-refractivity contribution >= 4 is 23.1 Å². The maximum Gasteiger partial charge on any atom is 0.411 e. The van der Waals surface area contributed by atoms with Crippen LogP contribution < -0.4 is 5.32 Å². The molecule has 0 unspecified atom stereocenters. The molecule has 2 rings (SSSR count). The molecular weight excluding hydrogens is 206 g/mol. The van der Waals surface area contributed by atoms with E-state index in [0.717, 1.165) is 16.6 Å². The minimum Gasteiger partial charge on any atom is -0.465 e. The number of aromatic amines is 1. The molecule has 0 aliphatic rings. The molecule has 16 heavy (non-hydrogen) atoms. The Kier molecular flexibility index (Phi) is 2.59. The highest BCUT2D eigenvalue weighted by atomic mass is 16.4. The number of nitrogens with zero attached hydrogens (tertiary/aromatic N) is 1. The lowest BCUT2D eigenvalue weighted by molar-refractivity contribution is 0.209. The average molecular weight is 217 g/mol. The maximum atomic E-state index is 10.5. The number of carboxylic acid groups (broad SMARTS) is 1. The molecule has 1 aromatic carbocycles. The number of benzene rings is 1. The molecule has 5 heteroatoms. The molecule has 0 saturated carbocycles. The van der Waals surface area contributed by atoms with Crippen molar-refractivity contribution in [1.29, 1.82) is 0 Å². The summed E-state index contributed by atoms with van der Waals surface area (Å²) >= 11 is 0. The van der Waals surface area contributed by atoms with Gasteiger partial charge in [0.05, 0.1) is 11.0 Å². The Hall–Kier alpha value is -2.30. The number of allylic oxidation sites excluding steroid dienone is 1. The summed E-state index contributed by atoms with van der Waals surface area (Å²) in [5.74, 6) is 0.235. The highest BCUT2D eigenvalue weighted by Crippen LogP contribution is 2.19. The van der Waals surface area contributed by atoms with Crippen molar-refractivity contribution in [1.82, 2.24) is 9.97 Å². The zero-order valence-electron chi connectivity index (χ0n) is 8.53. The van der Waals surface area contributed by atoms with E-state index >= 15 is 0 Å². The number of hydrogen-bond acceptors (Lipinski definition) is 2. The predicted molar refractivity (Wildman–Crippen MR) is 61.6 cm³/mol. The number of fused-ring (bicyclic) bond motifs is 1. The van der Waals surface area contributed by atoms with Crippen LogP contribution in [0.2, 0.25) is 0 Å². The summed E-state index contributed by atoms with van der Waals surface area (Å²) in [4.78, 5) is 17.5. The Labute approximate surface area is 91.8 Å². The number of amides is 1. The molecule has 82 valence electrons. The summed E-state index contributed by atoms with van der Waals surface area (Å²) in [5.41, 5.74) is 2.59. The van der Waals surface area contributed by atoms with E-state index in [1.54, 1.807) is 6.08 Å². The van der Waals surface area contributed by atoms with Crippen molar-refractivity contribution in [3.8, 4) is 0 Å². The van der Waals surface area contributed by atoms with E-state index in [4.69, 9.17) is 5.11 Å². The lowest BCUT2D eigenvalue weighted by Gasteiger charge is -1.96. The van der Waals surface area contributed by atoms with Gasteiger partial charge in [-0.2, -0.15) is 0 Å². The molecule has 1 heterocycles. The van der Waals surface area contributed by atoms with E-state index in [-0.39, 0.29) is 5.95 Å². The Bertz CT molecular complexity index is 545. The molecule has 0 atom stereocenters. The first-order chi connectivity index (χ1) is 7.70. The summed E-state index contributed by atoms with van der Waals surface area (Å²) in [5, 5.41) is 10.8. The molecule has 0 aliphatic carbocycles. The van der Waals surface area contributed by atoms with Crippen molar-refractivity contribution in [2.24, 2.45) is 0 Å². The minimum atomic E-state index is -1.13. The first-order valence-electron chi connectivity index (χ1n) is 4.79. The van der Waals surface area contributed by atoms with Crippen molar-refractivity contribution < 1.29 is 9.90 Å². The fourth-order valence-corrected chi connectivity index (χ4v) is 1.57. The van der Waals surface area contributed by atoms with Crippen molar-refractivity contribution in [3.63, 3.8) is 0 Å². The van der Waals surface area contributed by atoms with Gasteiger partial charge in [-0.05, 0) is 18.1 Å². The van der Waals surface area contributed by atoms with Gasteiger partial charge in [0, 0.05) is 0 Å². The van der Waals surface area contributed by atoms with Crippen LogP contribution >= 0.6 is 0 Å². The maximum absolute atomic E-state index is 10.5. The van der Waals surface area contributed by atoms with Gasteiger partial charge in [-0.15, -0.1) is 6.58 Å². The summed E-state index contributed by atoms with van der Waals surface area (Å²) in [6.07, 6.45) is 1.35. The number of H-pyrrole nitrogens is 1. The largest absolute Gasteiger partial charge is 0.465 e. The molecule has 5 nitrogen and oxygen atoms in total. The normalized spacial score (nSPS) is 10.2. The number of nitrogens with one attached hydrogen (secondary N) is 2. The molecular formula is C11H11N3O2. The van der Waals surface area contributed by atoms with Crippen LogP contribution in [0.1, 0.15) is 5.56 Å². The van der Waals surface area contributed by atoms with Crippen molar-refractivity contribution in [2.75, 3.05) is 5.32 Å². The predicted octanol–water partition coefficient (Wildman–Crippen LogP) is 2.38. The lowest BCUT2D eigenvalue weighted by Crippen LogP contribution is -2.08. The number of imidazole rings is 1. The first kappa shape index (κ1) is 10.2. The van der Waals surface area contributed by atoms with Gasteiger partial charge in [-0.3, -0.25) is 5.32 Å². The van der Waals surface area contributed by atoms with Gasteiger partial charge in [-0.1, -0.05) is 18.2 Å². The average Bonchev–Trinajstić information content (AvgIpc) is 2.60. The number of rotatable bonds is 3. The van der Waals surface area contributed by atoms with E-state index in [9.17, 15) is 4.79 Å². The Balaban J connectivity index is 2.47. The van der Waals surface area contributed by atoms with Gasteiger partial charge in [0.15, 0.2) is 0 Å². The molecule has 0 radical (unpaired) electrons. The second kappa shape index (κ2) is 4.06. The second-order valence-corrected chi connectivity index (χ2v) is 3.32. The van der Waals surface area contributed by atoms with E-state index in [0.29, 0.717) is 6.42 Å². The standard InChI is InChI=1S/C11H11N3O2/c1-2-4-7-5-3-6-8-9(7)13-10(12-8)14-11(15)16/h2-3,5-6H,1,4H2,(H,15,16)(H2,12,13,14). The van der Waals surface area contributed by atoms with Gasteiger partial charge >= 0.3 is 6.09 Å². The third-order valence-electron chi connectivity index (χ3n) is 2.19. The Morgan fingerprint density at radius 2 is 2.44 bits per heavy atom. The zero-order chi connectivity index (χ0) is 11.5. The third kappa shape index (κ3) is 1.88. The Morgan fingerprint density at radius 3 is 3.12 bits per heavy atom. The highest BCUT2D eigenvalue weighted by Gasteiger charge is 2.07. The summed E-state index contributed by atoms with van der Waals surface area (Å²) < 4.78 is 0. The molecule has 0 spiro atoms. The molecule has 3 N–H and O–H groups in total. The van der Waals surface area contributed by atoms with Crippen LogP contribution in [-0.4, -0.2) is 21.2 Å². The van der Waals surface area contributed by atoms with Gasteiger partial charge < -0.3 is 10.1 Å². The van der Waals surface area contributed by atoms with E-state index in [1.807, 2.05) is 18.2 Å². The van der Waals surface area contributed by atoms with Crippen LogP contribution in [0, 0.1) is 0 Å². The van der Waals surface area contributed by atoms with Crippen LogP contribution in [0.4, 0.5) is 10.7 Å². The molecule has 1 aromatic heterocycles. The van der Waals surface area contributed by atoms with Gasteiger partial charge in [0.25, 0.3) is 0 Å². The topological polar surface area (TPSA) is 78.0 Å². The highest BCUT2D eigenvalue weighted by molar-refractivity contribution is 5.86. The van der Waals surface area contributed by atoms with E-state index < -0.39 is 6.09 Å². The fraction of sp³-hybridized carbons (Fsp3) is 0.0909. The van der Waals surface area contributed by atoms with Gasteiger partial charge in [-0.25, -0.2) is 9.78 Å². The number of aromatic nitrogens is 2. The van der Waals surface area contributed by atoms with Crippen LogP contribution in [-0.2, 0) is 6.42 Å². The Morgan fingerprint density at radius 1 is 1.62 bits per heavy atom. The molecule has 2 aromatic rings. The summed E-state index contributed by atoms with van der Waals surface area (Å²) in [6.45, 7) is 3.67. The molecule has 0 aliphatic heterocycles. The van der Waals surface area contributed by atoms with E-state index in [1.165, 1.54) is 0 Å². The van der Waals surface area contributed by atoms with Crippen LogP contribution in [0.5, 0.6) is 0 Å². The van der Waals surface area contributed by atoms with E-state index in [2.05, 4.69) is 21.9 Å². The fourth-order valence-electron chi connectivity index (χ4n) is 1.57. The second-order valence-electron chi connectivity index (χ2n) is 3.32. The molecule has 0 fully saturated rings. The molecule has 0 bridgehead atoms. The zero-order valence-corrected chi connectivity index (χ0v) is 8.53. The number of carbonyl (C=O) groups is 1. The van der Waals surface area contributed by atoms with Crippen LogP contribution in [0.3, 0.4) is 0 Å². The third-order valence-corrected chi connectivity index (χ3v) is 2.19. The first-order valence-corrected chi connectivity index (χ1v) is 4.79. The smallest absolute Gasteiger partial charge is 0.411 e. The number of hydrogen-bond donors (Lipinski definition) is 3. The quantitative estimate of drug-likeness (QED) is 0.690. The molecule has 0 saturated heterocycles. The van der Waals surface area contributed by atoms with Gasteiger partial charge in [0.2, 0.25) is 5.95 Å². The van der Waals surface area contributed by atoms with Crippen LogP contribution in [0.15, 0.2) is 30.9 Å².